The minimum atomic E-state index is 0.786. The molecule has 0 N–H and O–H groups in total. The van der Waals surface area contributed by atoms with Gasteiger partial charge in [-0.25, -0.2) is 0 Å². The van der Waals surface area contributed by atoms with Crippen molar-refractivity contribution in [2.75, 3.05) is 0 Å². The zero-order chi connectivity index (χ0) is 11.4. The third-order valence-corrected chi connectivity index (χ3v) is 3.73. The van der Waals surface area contributed by atoms with E-state index in [4.69, 9.17) is 11.6 Å². The number of hydrogen-bond donors (Lipinski definition) is 0. The lowest BCUT2D eigenvalue weighted by Gasteiger charge is -2.04. The van der Waals surface area contributed by atoms with Crippen molar-refractivity contribution >= 4 is 23.4 Å². The molecule has 82 valence electrons. The number of benzene rings is 1. The molecule has 0 radical (unpaired) electrons. The molecular weight excluding hydrogens is 238 g/mol. The summed E-state index contributed by atoms with van der Waals surface area (Å²) in [6.45, 7) is 1.94. The first-order valence-corrected chi connectivity index (χ1v) is 6.41. The summed E-state index contributed by atoms with van der Waals surface area (Å²) in [6, 6.07) is 12.2. The van der Waals surface area contributed by atoms with Crippen molar-refractivity contribution in [3.63, 3.8) is 0 Å². The number of halogens is 1. The highest BCUT2D eigenvalue weighted by atomic mass is 35.5. The molecule has 3 heteroatoms. The van der Waals surface area contributed by atoms with E-state index in [0.717, 1.165) is 21.4 Å². The Bertz CT molecular complexity index is 471. The lowest BCUT2D eigenvalue weighted by atomic mass is 10.2. The maximum absolute atomic E-state index is 6.13. The Balaban J connectivity index is 2.05. The molecule has 1 aromatic heterocycles. The van der Waals surface area contributed by atoms with Crippen LogP contribution in [0.5, 0.6) is 0 Å². The summed E-state index contributed by atoms with van der Waals surface area (Å²) >= 11 is 7.85. The van der Waals surface area contributed by atoms with E-state index in [9.17, 15) is 0 Å². The highest BCUT2D eigenvalue weighted by Crippen LogP contribution is 2.29. The van der Waals surface area contributed by atoms with Gasteiger partial charge >= 0.3 is 0 Å². The molecule has 0 aliphatic heterocycles. The van der Waals surface area contributed by atoms with Gasteiger partial charge in [-0.05, 0) is 18.6 Å². The number of pyridine rings is 1. The van der Waals surface area contributed by atoms with Gasteiger partial charge in [-0.1, -0.05) is 41.9 Å². The first kappa shape index (κ1) is 11.5. The summed E-state index contributed by atoms with van der Waals surface area (Å²) in [5.74, 6) is 0.922. The standard InChI is InChI=1S/C13H12ClNS/c1-10-7-12(14)13(8-15-10)16-9-11-5-3-2-4-6-11/h2-8H,9H2,1H3. The smallest absolute Gasteiger partial charge is 0.0575 e. The number of aromatic nitrogens is 1. The van der Waals surface area contributed by atoms with Crippen molar-refractivity contribution in [1.82, 2.24) is 4.98 Å². The lowest BCUT2D eigenvalue weighted by molar-refractivity contribution is 1.15. The van der Waals surface area contributed by atoms with Crippen LogP contribution >= 0.6 is 23.4 Å². The van der Waals surface area contributed by atoms with Gasteiger partial charge in [0.15, 0.2) is 0 Å². The third kappa shape index (κ3) is 3.00. The second-order valence-corrected chi connectivity index (χ2v) is 4.95. The largest absolute Gasteiger partial charge is 0.260 e. The average molecular weight is 250 g/mol. The molecule has 0 atom stereocenters. The van der Waals surface area contributed by atoms with Gasteiger partial charge in [0, 0.05) is 22.5 Å². The van der Waals surface area contributed by atoms with Gasteiger partial charge in [0.05, 0.1) is 5.02 Å². The molecule has 0 aliphatic rings. The predicted molar refractivity (Wildman–Crippen MR) is 70.0 cm³/mol. The van der Waals surface area contributed by atoms with E-state index in [-0.39, 0.29) is 0 Å². The van der Waals surface area contributed by atoms with Crippen LogP contribution in [0.2, 0.25) is 5.02 Å². The van der Waals surface area contributed by atoms with Crippen molar-refractivity contribution in [2.45, 2.75) is 17.6 Å². The fourth-order valence-electron chi connectivity index (χ4n) is 1.36. The highest BCUT2D eigenvalue weighted by Gasteiger charge is 2.02. The van der Waals surface area contributed by atoms with Gasteiger partial charge in [0.2, 0.25) is 0 Å². The van der Waals surface area contributed by atoms with Crippen LogP contribution in [0.1, 0.15) is 11.3 Å². The summed E-state index contributed by atoms with van der Waals surface area (Å²) in [7, 11) is 0. The van der Waals surface area contributed by atoms with E-state index < -0.39 is 0 Å². The van der Waals surface area contributed by atoms with Crippen LogP contribution in [0.3, 0.4) is 0 Å². The topological polar surface area (TPSA) is 12.9 Å². The quantitative estimate of drug-likeness (QED) is 0.751. The third-order valence-electron chi connectivity index (χ3n) is 2.19. The molecule has 2 rings (SSSR count). The van der Waals surface area contributed by atoms with Crippen LogP contribution < -0.4 is 0 Å². The molecule has 0 spiro atoms. The second-order valence-electron chi connectivity index (χ2n) is 3.53. The van der Waals surface area contributed by atoms with Crippen molar-refractivity contribution in [2.24, 2.45) is 0 Å². The van der Waals surface area contributed by atoms with Crippen molar-refractivity contribution in [1.29, 1.82) is 0 Å². The molecule has 1 nitrogen and oxygen atoms in total. The van der Waals surface area contributed by atoms with Crippen LogP contribution in [-0.4, -0.2) is 4.98 Å². The maximum atomic E-state index is 6.13. The number of rotatable bonds is 3. The average Bonchev–Trinajstić information content (AvgIpc) is 2.29. The Morgan fingerprint density at radius 3 is 2.69 bits per heavy atom. The molecule has 0 unspecified atom stereocenters. The summed E-state index contributed by atoms with van der Waals surface area (Å²) in [5.41, 5.74) is 2.25. The SMILES string of the molecule is Cc1cc(Cl)c(SCc2ccccc2)cn1. The molecule has 0 saturated carbocycles. The van der Waals surface area contributed by atoms with Crippen LogP contribution in [-0.2, 0) is 5.75 Å². The van der Waals surface area contributed by atoms with E-state index in [0.29, 0.717) is 0 Å². The predicted octanol–water partition coefficient (Wildman–Crippen LogP) is 4.34. The normalized spacial score (nSPS) is 10.4. The monoisotopic (exact) mass is 249 g/mol. The lowest BCUT2D eigenvalue weighted by Crippen LogP contribution is -1.84. The minimum absolute atomic E-state index is 0.786. The van der Waals surface area contributed by atoms with Crippen LogP contribution in [0, 0.1) is 6.92 Å². The number of nitrogens with zero attached hydrogens (tertiary/aromatic N) is 1. The Hall–Kier alpha value is -0.990. The minimum Gasteiger partial charge on any atom is -0.260 e. The van der Waals surface area contributed by atoms with E-state index in [1.165, 1.54) is 5.56 Å². The first-order chi connectivity index (χ1) is 7.75. The second kappa shape index (κ2) is 5.37. The summed E-state index contributed by atoms with van der Waals surface area (Å²) in [6.07, 6.45) is 1.84. The molecular formula is C13H12ClNS. The molecule has 0 saturated heterocycles. The number of thioether (sulfide) groups is 1. The molecule has 0 amide bonds. The van der Waals surface area contributed by atoms with Gasteiger partial charge in [0.25, 0.3) is 0 Å². The Kier molecular flexibility index (Phi) is 3.86. The van der Waals surface area contributed by atoms with E-state index in [1.807, 2.05) is 37.4 Å². The molecule has 0 aliphatic carbocycles. The first-order valence-electron chi connectivity index (χ1n) is 5.04. The molecule has 0 bridgehead atoms. The van der Waals surface area contributed by atoms with Gasteiger partial charge in [-0.2, -0.15) is 0 Å². The fraction of sp³-hybridized carbons (Fsp3) is 0.154. The molecule has 1 heterocycles. The van der Waals surface area contributed by atoms with Crippen molar-refractivity contribution in [3.05, 3.63) is 58.9 Å². The van der Waals surface area contributed by atoms with Crippen LogP contribution in [0.4, 0.5) is 0 Å². The highest BCUT2D eigenvalue weighted by molar-refractivity contribution is 7.98. The summed E-state index contributed by atoms with van der Waals surface area (Å²) in [5, 5.41) is 0.786. The van der Waals surface area contributed by atoms with Gasteiger partial charge < -0.3 is 0 Å². The Morgan fingerprint density at radius 2 is 2.00 bits per heavy atom. The van der Waals surface area contributed by atoms with Crippen LogP contribution in [0.25, 0.3) is 0 Å². The Labute approximate surface area is 105 Å². The fourth-order valence-corrected chi connectivity index (χ4v) is 2.56. The maximum Gasteiger partial charge on any atom is 0.0575 e. The molecule has 2 aromatic rings. The van der Waals surface area contributed by atoms with Crippen molar-refractivity contribution < 1.29 is 0 Å². The van der Waals surface area contributed by atoms with Crippen molar-refractivity contribution in [3.8, 4) is 0 Å². The van der Waals surface area contributed by atoms with Gasteiger partial charge in [0.1, 0.15) is 0 Å². The van der Waals surface area contributed by atoms with Gasteiger partial charge in [-0.3, -0.25) is 4.98 Å². The number of hydrogen-bond acceptors (Lipinski definition) is 2. The summed E-state index contributed by atoms with van der Waals surface area (Å²) in [4.78, 5) is 5.29. The molecule has 0 fully saturated rings. The number of aryl methyl sites for hydroxylation is 1. The zero-order valence-corrected chi connectivity index (χ0v) is 10.6. The van der Waals surface area contributed by atoms with E-state index >= 15 is 0 Å². The molecule has 1 aromatic carbocycles. The van der Waals surface area contributed by atoms with E-state index in [1.54, 1.807) is 11.8 Å². The summed E-state index contributed by atoms with van der Waals surface area (Å²) < 4.78 is 0. The molecule has 16 heavy (non-hydrogen) atoms. The Morgan fingerprint density at radius 1 is 1.25 bits per heavy atom. The van der Waals surface area contributed by atoms with Crippen LogP contribution in [0.15, 0.2) is 47.5 Å². The van der Waals surface area contributed by atoms with Gasteiger partial charge in [-0.15, -0.1) is 11.8 Å². The van der Waals surface area contributed by atoms with E-state index in [2.05, 4.69) is 17.1 Å². The zero-order valence-electron chi connectivity index (χ0n) is 8.98.